The van der Waals surface area contributed by atoms with Crippen LogP contribution in [0.4, 0.5) is 4.79 Å². The van der Waals surface area contributed by atoms with Gasteiger partial charge in [-0.15, -0.1) is 0 Å². The zero-order valence-electron chi connectivity index (χ0n) is 17.9. The number of hydrogen-bond donors (Lipinski definition) is 3. The largest absolute Gasteiger partial charge is 0.445 e. The predicted molar refractivity (Wildman–Crippen MR) is 124 cm³/mol. The molecule has 2 rings (SSSR count). The first-order valence-electron chi connectivity index (χ1n) is 10.2. The molecule has 2 aromatic rings. The maximum absolute atomic E-state index is 12.9. The molecule has 0 unspecified atom stereocenters. The highest BCUT2D eigenvalue weighted by Crippen LogP contribution is 2.25. The minimum absolute atomic E-state index is 0.0203. The van der Waals surface area contributed by atoms with E-state index >= 15 is 0 Å². The molecule has 0 heterocycles. The van der Waals surface area contributed by atoms with Crippen molar-refractivity contribution >= 4 is 41.1 Å². The summed E-state index contributed by atoms with van der Waals surface area (Å²) in [4.78, 5) is 37.2. The SMILES string of the molecule is CC(C)C[C@H](NC(=O)OCc1ccccc1)C(=O)N[C@@H](Cc1c(Cl)cccc1Cl)C(N)=O. The Bertz CT molecular complexity index is 918. The molecule has 9 heteroatoms. The van der Waals surface area contributed by atoms with Gasteiger partial charge in [-0.3, -0.25) is 9.59 Å². The lowest BCUT2D eigenvalue weighted by molar-refractivity contribution is -0.128. The van der Waals surface area contributed by atoms with Crippen LogP contribution in [-0.2, 0) is 27.4 Å². The van der Waals surface area contributed by atoms with Crippen molar-refractivity contribution in [2.75, 3.05) is 0 Å². The Morgan fingerprint density at radius 1 is 0.938 bits per heavy atom. The number of nitrogens with two attached hydrogens (primary N) is 1. The summed E-state index contributed by atoms with van der Waals surface area (Å²) in [6.45, 7) is 3.89. The van der Waals surface area contributed by atoms with E-state index in [-0.39, 0.29) is 18.9 Å². The van der Waals surface area contributed by atoms with Crippen molar-refractivity contribution in [1.29, 1.82) is 0 Å². The normalized spacial score (nSPS) is 12.7. The van der Waals surface area contributed by atoms with Gasteiger partial charge in [0.2, 0.25) is 11.8 Å². The number of benzene rings is 2. The van der Waals surface area contributed by atoms with Gasteiger partial charge >= 0.3 is 6.09 Å². The molecule has 0 bridgehead atoms. The van der Waals surface area contributed by atoms with Gasteiger partial charge in [0.05, 0.1) is 0 Å². The Balaban J connectivity index is 2.05. The molecule has 0 saturated heterocycles. The highest BCUT2D eigenvalue weighted by Gasteiger charge is 2.28. The Kier molecular flexibility index (Phi) is 9.81. The van der Waals surface area contributed by atoms with Crippen LogP contribution in [0, 0.1) is 5.92 Å². The van der Waals surface area contributed by atoms with Crippen molar-refractivity contribution in [1.82, 2.24) is 10.6 Å². The summed E-state index contributed by atoms with van der Waals surface area (Å²) in [5.41, 5.74) is 6.81. The quantitative estimate of drug-likeness (QED) is 0.480. The van der Waals surface area contributed by atoms with Crippen molar-refractivity contribution in [3.05, 3.63) is 69.7 Å². The predicted octanol–water partition coefficient (Wildman–Crippen LogP) is 3.85. The molecule has 0 aromatic heterocycles. The highest BCUT2D eigenvalue weighted by atomic mass is 35.5. The molecule has 2 aromatic carbocycles. The van der Waals surface area contributed by atoms with E-state index in [2.05, 4.69) is 10.6 Å². The molecular formula is C23H27Cl2N3O4. The average Bonchev–Trinajstić information content (AvgIpc) is 2.73. The number of carbonyl (C=O) groups excluding carboxylic acids is 3. The third-order valence-corrected chi connectivity index (χ3v) is 5.37. The molecule has 32 heavy (non-hydrogen) atoms. The average molecular weight is 480 g/mol. The Labute approximate surface area is 197 Å². The number of hydrogen-bond acceptors (Lipinski definition) is 4. The van der Waals surface area contributed by atoms with E-state index in [4.69, 9.17) is 33.7 Å². The maximum Gasteiger partial charge on any atom is 0.408 e. The van der Waals surface area contributed by atoms with Gasteiger partial charge in [0.25, 0.3) is 0 Å². The van der Waals surface area contributed by atoms with E-state index in [0.717, 1.165) is 5.56 Å². The van der Waals surface area contributed by atoms with Gasteiger partial charge < -0.3 is 21.1 Å². The van der Waals surface area contributed by atoms with Crippen molar-refractivity contribution in [3.63, 3.8) is 0 Å². The van der Waals surface area contributed by atoms with E-state index in [1.165, 1.54) is 0 Å². The second-order valence-corrected chi connectivity index (χ2v) is 8.57. The van der Waals surface area contributed by atoms with Crippen LogP contribution in [0.3, 0.4) is 0 Å². The van der Waals surface area contributed by atoms with Gasteiger partial charge in [0.1, 0.15) is 18.7 Å². The minimum Gasteiger partial charge on any atom is -0.445 e. The van der Waals surface area contributed by atoms with E-state index in [1.54, 1.807) is 18.2 Å². The molecular weight excluding hydrogens is 453 g/mol. The molecule has 0 aliphatic rings. The van der Waals surface area contributed by atoms with Crippen molar-refractivity contribution in [2.45, 2.75) is 45.4 Å². The number of rotatable bonds is 10. The van der Waals surface area contributed by atoms with Crippen LogP contribution in [0.1, 0.15) is 31.4 Å². The van der Waals surface area contributed by atoms with E-state index < -0.39 is 30.0 Å². The van der Waals surface area contributed by atoms with E-state index in [0.29, 0.717) is 22.0 Å². The molecule has 0 fully saturated rings. The molecule has 3 amide bonds. The summed E-state index contributed by atoms with van der Waals surface area (Å²) in [5, 5.41) is 5.90. The molecule has 0 radical (unpaired) electrons. The number of amides is 3. The van der Waals surface area contributed by atoms with Crippen LogP contribution in [0.25, 0.3) is 0 Å². The lowest BCUT2D eigenvalue weighted by atomic mass is 10.0. The lowest BCUT2D eigenvalue weighted by Gasteiger charge is -2.23. The summed E-state index contributed by atoms with van der Waals surface area (Å²) in [5.74, 6) is -1.21. The fourth-order valence-electron chi connectivity index (χ4n) is 3.04. The van der Waals surface area contributed by atoms with Gasteiger partial charge in [0, 0.05) is 16.5 Å². The Morgan fingerprint density at radius 3 is 2.12 bits per heavy atom. The maximum atomic E-state index is 12.9. The molecule has 2 atom stereocenters. The van der Waals surface area contributed by atoms with Crippen molar-refractivity contribution < 1.29 is 19.1 Å². The molecule has 0 aliphatic heterocycles. The second kappa shape index (κ2) is 12.3. The second-order valence-electron chi connectivity index (χ2n) is 7.76. The summed E-state index contributed by atoms with van der Waals surface area (Å²) in [6.07, 6.45) is -0.378. The molecule has 7 nitrogen and oxygen atoms in total. The van der Waals surface area contributed by atoms with Gasteiger partial charge in [-0.25, -0.2) is 4.79 Å². The third-order valence-electron chi connectivity index (χ3n) is 4.66. The van der Waals surface area contributed by atoms with E-state index in [1.807, 2.05) is 44.2 Å². The van der Waals surface area contributed by atoms with E-state index in [9.17, 15) is 14.4 Å². The Hall–Kier alpha value is -2.77. The number of alkyl carbamates (subject to hydrolysis) is 1. The molecule has 172 valence electrons. The fraction of sp³-hybridized carbons (Fsp3) is 0.348. The summed E-state index contributed by atoms with van der Waals surface area (Å²) < 4.78 is 5.21. The van der Waals surface area contributed by atoms with Crippen molar-refractivity contribution in [2.24, 2.45) is 11.7 Å². The Morgan fingerprint density at radius 2 is 1.56 bits per heavy atom. The first-order valence-corrected chi connectivity index (χ1v) is 10.9. The van der Waals surface area contributed by atoms with Crippen LogP contribution in [0.15, 0.2) is 48.5 Å². The number of halogens is 2. The van der Waals surface area contributed by atoms with Gasteiger partial charge in [-0.1, -0.05) is 73.4 Å². The number of carbonyl (C=O) groups is 3. The van der Waals surface area contributed by atoms with Crippen LogP contribution in [0.5, 0.6) is 0 Å². The number of primary amides is 1. The smallest absolute Gasteiger partial charge is 0.408 e. The van der Waals surface area contributed by atoms with Crippen LogP contribution < -0.4 is 16.4 Å². The molecule has 0 aliphatic carbocycles. The van der Waals surface area contributed by atoms with Crippen LogP contribution in [0.2, 0.25) is 10.0 Å². The van der Waals surface area contributed by atoms with Crippen LogP contribution in [-0.4, -0.2) is 30.0 Å². The fourth-order valence-corrected chi connectivity index (χ4v) is 3.59. The summed E-state index contributed by atoms with van der Waals surface area (Å²) >= 11 is 12.4. The first kappa shape index (κ1) is 25.5. The zero-order valence-corrected chi connectivity index (χ0v) is 19.5. The zero-order chi connectivity index (χ0) is 23.7. The van der Waals surface area contributed by atoms with Crippen LogP contribution >= 0.6 is 23.2 Å². The molecule has 4 N–H and O–H groups in total. The van der Waals surface area contributed by atoms with Gasteiger partial charge in [-0.05, 0) is 35.6 Å². The lowest BCUT2D eigenvalue weighted by Crippen LogP contribution is -2.54. The topological polar surface area (TPSA) is 111 Å². The standard InChI is InChI=1S/C23H27Cl2N3O4/c1-14(2)11-20(28-23(31)32-13-15-7-4-3-5-8-15)22(30)27-19(21(26)29)12-16-17(24)9-6-10-18(16)25/h3-10,14,19-20H,11-13H2,1-2H3,(H2,26,29)(H,27,30)(H,28,31)/t19-,20-/m0/s1. The summed E-state index contributed by atoms with van der Waals surface area (Å²) in [7, 11) is 0. The van der Waals surface area contributed by atoms with Gasteiger partial charge in [0.15, 0.2) is 0 Å². The summed E-state index contributed by atoms with van der Waals surface area (Å²) in [6, 6.07) is 12.1. The molecule has 0 saturated carbocycles. The van der Waals surface area contributed by atoms with Gasteiger partial charge in [-0.2, -0.15) is 0 Å². The monoisotopic (exact) mass is 479 g/mol. The minimum atomic E-state index is -1.06. The van der Waals surface area contributed by atoms with Crippen molar-refractivity contribution in [3.8, 4) is 0 Å². The third kappa shape index (κ3) is 8.05. The molecule has 0 spiro atoms. The highest BCUT2D eigenvalue weighted by molar-refractivity contribution is 6.36. The first-order chi connectivity index (χ1) is 15.2. The number of ether oxygens (including phenoxy) is 1. The number of nitrogens with one attached hydrogen (secondary N) is 2.